The Hall–Kier alpha value is -1.69. The average molecular weight is 481 g/mol. The number of carbonyl (C=O) groups excluding carboxylic acids is 2. The van der Waals surface area contributed by atoms with Gasteiger partial charge in [0.25, 0.3) is 0 Å². The van der Waals surface area contributed by atoms with Crippen molar-refractivity contribution < 1.29 is 9.59 Å². The van der Waals surface area contributed by atoms with E-state index in [9.17, 15) is 9.59 Å². The molecule has 0 aliphatic rings. The normalized spacial score (nSPS) is 12.8. The smallest absolute Gasteiger partial charge is 0.242 e. The SMILES string of the molecule is CC[C@@H](C)NC(=O)[C@H](C)N(Cc1ccc(Cl)cc1Cl)C(=O)CCSCc1ccccc1. The Labute approximate surface area is 199 Å². The maximum atomic E-state index is 13.1. The van der Waals surface area contributed by atoms with Gasteiger partial charge in [0, 0.05) is 40.6 Å². The molecule has 4 nitrogen and oxygen atoms in total. The minimum Gasteiger partial charge on any atom is -0.352 e. The summed E-state index contributed by atoms with van der Waals surface area (Å²) in [6.07, 6.45) is 1.18. The first-order valence-corrected chi connectivity index (χ1v) is 12.4. The number of nitrogens with zero attached hydrogens (tertiary/aromatic N) is 1. The Balaban J connectivity index is 2.05. The van der Waals surface area contributed by atoms with E-state index in [1.807, 2.05) is 32.0 Å². The zero-order chi connectivity index (χ0) is 22.8. The molecule has 0 unspecified atom stereocenters. The number of nitrogens with one attached hydrogen (secondary N) is 1. The summed E-state index contributed by atoms with van der Waals surface area (Å²) in [5.74, 6) is 1.29. The van der Waals surface area contributed by atoms with Gasteiger partial charge < -0.3 is 10.2 Å². The predicted molar refractivity (Wildman–Crippen MR) is 132 cm³/mol. The van der Waals surface area contributed by atoms with Crippen LogP contribution in [0.5, 0.6) is 0 Å². The van der Waals surface area contributed by atoms with Gasteiger partial charge in [0.05, 0.1) is 0 Å². The molecule has 0 aliphatic heterocycles. The molecule has 0 fully saturated rings. The van der Waals surface area contributed by atoms with E-state index in [4.69, 9.17) is 23.2 Å². The van der Waals surface area contributed by atoms with Gasteiger partial charge in [-0.3, -0.25) is 9.59 Å². The van der Waals surface area contributed by atoms with Crippen LogP contribution in [0.4, 0.5) is 0 Å². The minimum absolute atomic E-state index is 0.0486. The largest absolute Gasteiger partial charge is 0.352 e. The summed E-state index contributed by atoms with van der Waals surface area (Å²) in [6, 6.07) is 14.8. The van der Waals surface area contributed by atoms with Crippen molar-refractivity contribution in [2.24, 2.45) is 0 Å². The summed E-state index contributed by atoms with van der Waals surface area (Å²) >= 11 is 14.0. The molecule has 0 radical (unpaired) electrons. The zero-order valence-corrected chi connectivity index (χ0v) is 20.6. The van der Waals surface area contributed by atoms with Crippen LogP contribution in [0.25, 0.3) is 0 Å². The molecule has 0 aliphatic carbocycles. The molecule has 0 aromatic heterocycles. The Kier molecular flexibility index (Phi) is 10.7. The summed E-state index contributed by atoms with van der Waals surface area (Å²) in [5, 5.41) is 3.99. The Morgan fingerprint density at radius 3 is 2.45 bits per heavy atom. The number of carbonyl (C=O) groups is 2. The summed E-state index contributed by atoms with van der Waals surface area (Å²) in [7, 11) is 0. The van der Waals surface area contributed by atoms with Gasteiger partial charge in [-0.1, -0.05) is 66.5 Å². The number of rotatable bonds is 11. The molecule has 0 saturated heterocycles. The lowest BCUT2D eigenvalue weighted by Gasteiger charge is -2.30. The molecule has 0 bridgehead atoms. The predicted octanol–water partition coefficient (Wildman–Crippen LogP) is 5.95. The van der Waals surface area contributed by atoms with Crippen LogP contribution in [-0.2, 0) is 21.9 Å². The Morgan fingerprint density at radius 1 is 1.10 bits per heavy atom. The lowest BCUT2D eigenvalue weighted by molar-refractivity contribution is -0.140. The second kappa shape index (κ2) is 13.0. The van der Waals surface area contributed by atoms with Gasteiger partial charge in [0.1, 0.15) is 6.04 Å². The van der Waals surface area contributed by atoms with Crippen molar-refractivity contribution in [3.63, 3.8) is 0 Å². The first-order valence-electron chi connectivity index (χ1n) is 10.5. The third-order valence-electron chi connectivity index (χ3n) is 5.10. The van der Waals surface area contributed by atoms with Crippen LogP contribution < -0.4 is 5.32 Å². The first-order chi connectivity index (χ1) is 14.8. The monoisotopic (exact) mass is 480 g/mol. The van der Waals surface area contributed by atoms with Crippen molar-refractivity contribution in [2.45, 2.75) is 58.0 Å². The van der Waals surface area contributed by atoms with Crippen LogP contribution in [0.2, 0.25) is 10.0 Å². The van der Waals surface area contributed by atoms with Gasteiger partial charge in [-0.2, -0.15) is 11.8 Å². The fraction of sp³-hybridized carbons (Fsp3) is 0.417. The summed E-state index contributed by atoms with van der Waals surface area (Å²) < 4.78 is 0. The maximum absolute atomic E-state index is 13.1. The second-order valence-electron chi connectivity index (χ2n) is 7.54. The molecule has 2 rings (SSSR count). The molecule has 168 valence electrons. The molecule has 2 aromatic rings. The summed E-state index contributed by atoms with van der Waals surface area (Å²) in [5.41, 5.74) is 1.99. The summed E-state index contributed by atoms with van der Waals surface area (Å²) in [4.78, 5) is 27.4. The maximum Gasteiger partial charge on any atom is 0.242 e. The molecule has 2 atom stereocenters. The van der Waals surface area contributed by atoms with Gasteiger partial charge in [-0.15, -0.1) is 0 Å². The fourth-order valence-electron chi connectivity index (χ4n) is 2.95. The van der Waals surface area contributed by atoms with Gasteiger partial charge in [0.2, 0.25) is 11.8 Å². The van der Waals surface area contributed by atoms with E-state index in [-0.39, 0.29) is 24.4 Å². The molecule has 0 heterocycles. The Morgan fingerprint density at radius 2 is 1.81 bits per heavy atom. The molecule has 2 amide bonds. The second-order valence-corrected chi connectivity index (χ2v) is 9.49. The van der Waals surface area contributed by atoms with E-state index in [0.29, 0.717) is 22.2 Å². The molecule has 7 heteroatoms. The lowest BCUT2D eigenvalue weighted by Crippen LogP contribution is -2.49. The average Bonchev–Trinajstić information content (AvgIpc) is 2.76. The van der Waals surface area contributed by atoms with Gasteiger partial charge in [0.15, 0.2) is 0 Å². The molecular formula is C24H30Cl2N2O2S. The van der Waals surface area contributed by atoms with Crippen molar-refractivity contribution in [2.75, 3.05) is 5.75 Å². The van der Waals surface area contributed by atoms with E-state index < -0.39 is 6.04 Å². The van der Waals surface area contributed by atoms with Crippen LogP contribution in [0, 0.1) is 0 Å². The number of amides is 2. The van der Waals surface area contributed by atoms with Crippen molar-refractivity contribution >= 4 is 46.8 Å². The van der Waals surface area contributed by atoms with Crippen molar-refractivity contribution in [1.82, 2.24) is 10.2 Å². The fourth-order valence-corrected chi connectivity index (χ4v) is 4.31. The highest BCUT2D eigenvalue weighted by Crippen LogP contribution is 2.24. The topological polar surface area (TPSA) is 49.4 Å². The third-order valence-corrected chi connectivity index (χ3v) is 6.71. The van der Waals surface area contributed by atoms with Crippen LogP contribution >= 0.6 is 35.0 Å². The van der Waals surface area contributed by atoms with Crippen LogP contribution in [0.15, 0.2) is 48.5 Å². The molecular weight excluding hydrogens is 451 g/mol. The number of thioether (sulfide) groups is 1. The zero-order valence-electron chi connectivity index (χ0n) is 18.2. The first kappa shape index (κ1) is 25.6. The van der Waals surface area contributed by atoms with Crippen molar-refractivity contribution in [3.05, 3.63) is 69.7 Å². The molecule has 0 saturated carbocycles. The number of hydrogen-bond donors (Lipinski definition) is 1. The minimum atomic E-state index is -0.604. The summed E-state index contributed by atoms with van der Waals surface area (Å²) in [6.45, 7) is 5.98. The highest BCUT2D eigenvalue weighted by Gasteiger charge is 2.27. The van der Waals surface area contributed by atoms with E-state index >= 15 is 0 Å². The van der Waals surface area contributed by atoms with Crippen molar-refractivity contribution in [1.29, 1.82) is 0 Å². The number of benzene rings is 2. The molecule has 0 spiro atoms. The van der Waals surface area contributed by atoms with Crippen LogP contribution in [-0.4, -0.2) is 34.6 Å². The van der Waals surface area contributed by atoms with E-state index in [1.54, 1.807) is 41.8 Å². The number of hydrogen-bond acceptors (Lipinski definition) is 3. The van der Waals surface area contributed by atoms with E-state index in [1.165, 1.54) is 5.56 Å². The van der Waals surface area contributed by atoms with E-state index in [0.717, 1.165) is 17.7 Å². The molecule has 2 aromatic carbocycles. The van der Waals surface area contributed by atoms with E-state index in [2.05, 4.69) is 17.4 Å². The highest BCUT2D eigenvalue weighted by atomic mass is 35.5. The highest BCUT2D eigenvalue weighted by molar-refractivity contribution is 7.98. The standard InChI is InChI=1S/C24H30Cl2N2O2S/c1-4-17(2)27-24(30)18(3)28(15-20-10-11-21(25)14-22(20)26)23(29)12-13-31-16-19-8-6-5-7-9-19/h5-11,14,17-18H,4,12-13,15-16H2,1-3H3,(H,27,30)/t17-,18+/m1/s1. The number of halogens is 2. The molecule has 31 heavy (non-hydrogen) atoms. The van der Waals surface area contributed by atoms with Crippen LogP contribution in [0.3, 0.4) is 0 Å². The lowest BCUT2D eigenvalue weighted by atomic mass is 10.1. The molecule has 1 N–H and O–H groups in total. The Bertz CT molecular complexity index is 864. The van der Waals surface area contributed by atoms with Gasteiger partial charge in [-0.05, 0) is 43.5 Å². The quantitative estimate of drug-likeness (QED) is 0.404. The van der Waals surface area contributed by atoms with Gasteiger partial charge >= 0.3 is 0 Å². The van der Waals surface area contributed by atoms with Crippen molar-refractivity contribution in [3.8, 4) is 0 Å². The van der Waals surface area contributed by atoms with Gasteiger partial charge in [-0.25, -0.2) is 0 Å². The van der Waals surface area contributed by atoms with Crippen LogP contribution in [0.1, 0.15) is 44.7 Å². The third kappa shape index (κ3) is 8.40.